The Balaban J connectivity index is 2.14. The summed E-state index contributed by atoms with van der Waals surface area (Å²) >= 11 is 1.34. The number of nitrogens with two attached hydrogens (primary N) is 1. The third kappa shape index (κ3) is 1.40. The number of anilines is 1. The van der Waals surface area contributed by atoms with Crippen LogP contribution in [0, 0.1) is 0 Å². The minimum absolute atomic E-state index is 0.285. The Kier molecular flexibility index (Phi) is 1.71. The van der Waals surface area contributed by atoms with Gasteiger partial charge in [-0.15, -0.1) is 10.2 Å². The Morgan fingerprint density at radius 1 is 1.58 bits per heavy atom. The van der Waals surface area contributed by atoms with Crippen LogP contribution in [0.4, 0.5) is 5.95 Å². The van der Waals surface area contributed by atoms with Crippen LogP contribution in [0.3, 0.4) is 0 Å². The number of nitrogens with zero attached hydrogens (tertiary/aromatic N) is 5. The average Bonchev–Trinajstić information content (AvgIpc) is 2.63. The van der Waals surface area contributed by atoms with Crippen molar-refractivity contribution in [1.82, 2.24) is 24.4 Å². The maximum atomic E-state index is 5.34. The van der Waals surface area contributed by atoms with Gasteiger partial charge in [-0.1, -0.05) is 4.49 Å². The molecule has 7 heteroatoms. The molecule has 0 aliphatic carbocycles. The zero-order chi connectivity index (χ0) is 8.39. The summed E-state index contributed by atoms with van der Waals surface area (Å²) in [5.74, 6) is 0.285. The van der Waals surface area contributed by atoms with Crippen LogP contribution in [0.25, 0.3) is 0 Å². The van der Waals surface area contributed by atoms with Gasteiger partial charge in [0.1, 0.15) is 6.33 Å². The van der Waals surface area contributed by atoms with Crippen molar-refractivity contribution in [3.63, 3.8) is 0 Å². The Bertz CT molecular complexity index is 352. The molecule has 0 bridgehead atoms. The predicted octanol–water partition coefficient (Wildman–Crippen LogP) is -0.240. The van der Waals surface area contributed by atoms with Gasteiger partial charge in [0.05, 0.1) is 17.6 Å². The summed E-state index contributed by atoms with van der Waals surface area (Å²) in [5.41, 5.74) is 5.34. The number of rotatable bonds is 2. The summed E-state index contributed by atoms with van der Waals surface area (Å²) in [6, 6.07) is 0. The molecule has 0 amide bonds. The number of hydrogen-bond acceptors (Lipinski definition) is 6. The first-order valence-electron chi connectivity index (χ1n) is 3.26. The lowest BCUT2D eigenvalue weighted by molar-refractivity contribution is 0.694. The maximum absolute atomic E-state index is 5.34. The molecule has 0 unspecified atom stereocenters. The van der Waals surface area contributed by atoms with E-state index in [4.69, 9.17) is 5.73 Å². The van der Waals surface area contributed by atoms with Crippen molar-refractivity contribution >= 4 is 17.5 Å². The molecule has 0 saturated heterocycles. The van der Waals surface area contributed by atoms with Gasteiger partial charge in [-0.25, -0.2) is 9.67 Å². The van der Waals surface area contributed by atoms with Gasteiger partial charge in [-0.05, 0) is 11.5 Å². The van der Waals surface area contributed by atoms with Crippen molar-refractivity contribution in [1.29, 1.82) is 0 Å². The number of nitrogen functional groups attached to an aromatic ring is 1. The zero-order valence-corrected chi connectivity index (χ0v) is 6.90. The largest absolute Gasteiger partial charge is 0.367 e. The summed E-state index contributed by atoms with van der Waals surface area (Å²) in [5, 5.41) is 7.62. The highest BCUT2D eigenvalue weighted by Gasteiger charge is 1.99. The lowest BCUT2D eigenvalue weighted by Gasteiger charge is -1.92. The van der Waals surface area contributed by atoms with E-state index in [1.54, 1.807) is 17.2 Å². The van der Waals surface area contributed by atoms with E-state index in [9.17, 15) is 0 Å². The second kappa shape index (κ2) is 2.86. The summed E-state index contributed by atoms with van der Waals surface area (Å²) in [6.07, 6.45) is 3.28. The zero-order valence-electron chi connectivity index (χ0n) is 6.08. The van der Waals surface area contributed by atoms with E-state index in [2.05, 4.69) is 19.7 Å². The fourth-order valence-electron chi connectivity index (χ4n) is 0.802. The summed E-state index contributed by atoms with van der Waals surface area (Å²) in [6.45, 7) is 0.627. The fourth-order valence-corrected chi connectivity index (χ4v) is 1.29. The SMILES string of the molecule is Nc1ncn(Cc2cnns2)n1. The monoisotopic (exact) mass is 182 g/mol. The summed E-state index contributed by atoms with van der Waals surface area (Å²) < 4.78 is 5.37. The van der Waals surface area contributed by atoms with Gasteiger partial charge in [0, 0.05) is 0 Å². The molecule has 2 N–H and O–H groups in total. The van der Waals surface area contributed by atoms with Crippen LogP contribution in [0.1, 0.15) is 4.88 Å². The topological polar surface area (TPSA) is 82.5 Å². The van der Waals surface area contributed by atoms with Crippen molar-refractivity contribution in [2.75, 3.05) is 5.73 Å². The Morgan fingerprint density at radius 2 is 2.50 bits per heavy atom. The maximum Gasteiger partial charge on any atom is 0.239 e. The van der Waals surface area contributed by atoms with Crippen molar-refractivity contribution in [3.8, 4) is 0 Å². The van der Waals surface area contributed by atoms with Crippen LogP contribution in [0.2, 0.25) is 0 Å². The van der Waals surface area contributed by atoms with Gasteiger partial charge in [0.2, 0.25) is 5.95 Å². The Morgan fingerprint density at radius 3 is 3.08 bits per heavy atom. The highest BCUT2D eigenvalue weighted by molar-refractivity contribution is 7.05. The molecular formula is C5H6N6S. The highest BCUT2D eigenvalue weighted by atomic mass is 32.1. The van der Waals surface area contributed by atoms with Gasteiger partial charge in [0.15, 0.2) is 0 Å². The molecule has 0 aliphatic heterocycles. The van der Waals surface area contributed by atoms with E-state index in [0.29, 0.717) is 6.54 Å². The van der Waals surface area contributed by atoms with Gasteiger partial charge >= 0.3 is 0 Å². The molecule has 0 aliphatic rings. The van der Waals surface area contributed by atoms with Crippen molar-refractivity contribution < 1.29 is 0 Å². The second-order valence-corrected chi connectivity index (χ2v) is 3.05. The third-order valence-corrected chi connectivity index (χ3v) is 1.92. The molecule has 2 aromatic rings. The number of hydrogen-bond donors (Lipinski definition) is 1. The van der Waals surface area contributed by atoms with Gasteiger partial charge in [0.25, 0.3) is 0 Å². The molecule has 12 heavy (non-hydrogen) atoms. The molecule has 0 aromatic carbocycles. The van der Waals surface area contributed by atoms with Gasteiger partial charge in [-0.3, -0.25) is 0 Å². The molecule has 0 saturated carbocycles. The molecule has 2 aromatic heterocycles. The first kappa shape index (κ1) is 7.17. The van der Waals surface area contributed by atoms with Crippen LogP contribution in [-0.2, 0) is 6.54 Å². The van der Waals surface area contributed by atoms with Gasteiger partial charge in [-0.2, -0.15) is 0 Å². The van der Waals surface area contributed by atoms with E-state index in [1.165, 1.54) is 11.5 Å². The normalized spacial score (nSPS) is 10.3. The van der Waals surface area contributed by atoms with E-state index >= 15 is 0 Å². The minimum atomic E-state index is 0.285. The van der Waals surface area contributed by atoms with Crippen LogP contribution in [-0.4, -0.2) is 24.4 Å². The molecule has 2 rings (SSSR count). The standard InChI is InChI=1S/C5H6N6S/c6-5-7-3-11(9-5)2-4-1-8-10-12-4/h1,3H,2H2,(H2,6,9). The molecule has 0 spiro atoms. The Labute approximate surface area is 72.2 Å². The molecule has 0 fully saturated rings. The van der Waals surface area contributed by atoms with Crippen LogP contribution in [0.15, 0.2) is 12.5 Å². The molecular weight excluding hydrogens is 176 g/mol. The minimum Gasteiger partial charge on any atom is -0.367 e. The average molecular weight is 182 g/mol. The molecule has 62 valence electrons. The van der Waals surface area contributed by atoms with E-state index in [0.717, 1.165) is 4.88 Å². The summed E-state index contributed by atoms with van der Waals surface area (Å²) in [7, 11) is 0. The van der Waals surface area contributed by atoms with Gasteiger partial charge < -0.3 is 5.73 Å². The summed E-state index contributed by atoms with van der Waals surface area (Å²) in [4.78, 5) is 4.82. The molecule has 2 heterocycles. The van der Waals surface area contributed by atoms with E-state index in [1.807, 2.05) is 0 Å². The third-order valence-electron chi connectivity index (χ3n) is 1.28. The quantitative estimate of drug-likeness (QED) is 0.693. The second-order valence-electron chi connectivity index (χ2n) is 2.18. The Hall–Kier alpha value is -1.50. The van der Waals surface area contributed by atoms with E-state index in [-0.39, 0.29) is 5.95 Å². The van der Waals surface area contributed by atoms with Crippen molar-refractivity contribution in [3.05, 3.63) is 17.4 Å². The molecule has 6 nitrogen and oxygen atoms in total. The highest BCUT2D eigenvalue weighted by Crippen LogP contribution is 2.03. The smallest absolute Gasteiger partial charge is 0.239 e. The lowest BCUT2D eigenvalue weighted by atomic mass is 10.5. The fraction of sp³-hybridized carbons (Fsp3) is 0.200. The van der Waals surface area contributed by atoms with Crippen molar-refractivity contribution in [2.45, 2.75) is 6.54 Å². The van der Waals surface area contributed by atoms with Crippen LogP contribution < -0.4 is 5.73 Å². The predicted molar refractivity (Wildman–Crippen MR) is 43.4 cm³/mol. The molecule has 0 radical (unpaired) electrons. The van der Waals surface area contributed by atoms with Crippen LogP contribution in [0.5, 0.6) is 0 Å². The first-order valence-corrected chi connectivity index (χ1v) is 4.03. The number of aromatic nitrogens is 5. The lowest BCUT2D eigenvalue weighted by Crippen LogP contribution is -1.99. The molecule has 0 atom stereocenters. The van der Waals surface area contributed by atoms with Crippen LogP contribution >= 0.6 is 11.5 Å². The van der Waals surface area contributed by atoms with E-state index < -0.39 is 0 Å². The first-order chi connectivity index (χ1) is 5.84. The van der Waals surface area contributed by atoms with Crippen molar-refractivity contribution in [2.24, 2.45) is 0 Å².